The monoisotopic (exact) mass is 263 g/mol. The summed E-state index contributed by atoms with van der Waals surface area (Å²) in [7, 11) is 0. The summed E-state index contributed by atoms with van der Waals surface area (Å²) in [5.74, 6) is 0.411. The molecule has 2 rings (SSSR count). The molecule has 0 aliphatic rings. The van der Waals surface area contributed by atoms with Gasteiger partial charge < -0.3 is 0 Å². The van der Waals surface area contributed by atoms with Gasteiger partial charge in [-0.1, -0.05) is 23.2 Å². The summed E-state index contributed by atoms with van der Waals surface area (Å²) in [5.41, 5.74) is 1.64. The van der Waals surface area contributed by atoms with Gasteiger partial charge >= 0.3 is 0 Å². The van der Waals surface area contributed by atoms with E-state index in [0.717, 1.165) is 0 Å². The van der Waals surface area contributed by atoms with Crippen LogP contribution in [0.2, 0.25) is 10.0 Å². The van der Waals surface area contributed by atoms with Crippen molar-refractivity contribution in [2.24, 2.45) is 0 Å². The molecule has 0 atom stereocenters. The van der Waals surface area contributed by atoms with Gasteiger partial charge in [-0.25, -0.2) is 9.97 Å². The van der Waals surface area contributed by atoms with Crippen LogP contribution in [0.4, 0.5) is 0 Å². The van der Waals surface area contributed by atoms with E-state index in [0.29, 0.717) is 32.8 Å². The number of aromatic nitrogens is 2. The SMILES string of the molecule is Cc1cc(C#N)nc(-c2cc(Cl)ccc2Cl)n1. The molecule has 0 saturated carbocycles. The number of benzene rings is 1. The third kappa shape index (κ3) is 2.55. The third-order valence-electron chi connectivity index (χ3n) is 2.14. The first-order chi connectivity index (χ1) is 8.10. The molecule has 3 nitrogen and oxygen atoms in total. The van der Waals surface area contributed by atoms with E-state index in [1.165, 1.54) is 0 Å². The van der Waals surface area contributed by atoms with Gasteiger partial charge in [-0.15, -0.1) is 0 Å². The Morgan fingerprint density at radius 2 is 1.94 bits per heavy atom. The van der Waals surface area contributed by atoms with E-state index < -0.39 is 0 Å². The summed E-state index contributed by atoms with van der Waals surface area (Å²) in [5, 5.41) is 9.91. The molecule has 0 radical (unpaired) electrons. The van der Waals surface area contributed by atoms with Crippen molar-refractivity contribution in [3.05, 3.63) is 45.7 Å². The minimum absolute atomic E-state index is 0.309. The van der Waals surface area contributed by atoms with Gasteiger partial charge in [-0.05, 0) is 31.2 Å². The van der Waals surface area contributed by atoms with E-state index in [4.69, 9.17) is 28.5 Å². The van der Waals surface area contributed by atoms with Gasteiger partial charge in [0.1, 0.15) is 11.8 Å². The van der Waals surface area contributed by atoms with Gasteiger partial charge in [0, 0.05) is 16.3 Å². The topological polar surface area (TPSA) is 49.6 Å². The summed E-state index contributed by atoms with van der Waals surface area (Å²) in [4.78, 5) is 8.36. The van der Waals surface area contributed by atoms with E-state index in [-0.39, 0.29) is 0 Å². The van der Waals surface area contributed by atoms with Crippen LogP contribution >= 0.6 is 23.2 Å². The second-order valence-electron chi connectivity index (χ2n) is 3.45. The number of aryl methyl sites for hydroxylation is 1. The maximum Gasteiger partial charge on any atom is 0.162 e. The summed E-state index contributed by atoms with van der Waals surface area (Å²) in [6.07, 6.45) is 0. The molecule has 0 amide bonds. The average Bonchev–Trinajstić information content (AvgIpc) is 2.31. The summed E-state index contributed by atoms with van der Waals surface area (Å²) < 4.78 is 0. The molecule has 0 saturated heterocycles. The molecular weight excluding hydrogens is 257 g/mol. The molecule has 5 heteroatoms. The fourth-order valence-corrected chi connectivity index (χ4v) is 1.79. The lowest BCUT2D eigenvalue weighted by Crippen LogP contribution is -1.95. The minimum Gasteiger partial charge on any atom is -0.233 e. The van der Waals surface area contributed by atoms with Crippen molar-refractivity contribution >= 4 is 23.2 Å². The molecule has 0 unspecified atom stereocenters. The van der Waals surface area contributed by atoms with Crippen LogP contribution in [0.1, 0.15) is 11.4 Å². The van der Waals surface area contributed by atoms with Crippen LogP contribution in [0.15, 0.2) is 24.3 Å². The molecule has 84 valence electrons. The minimum atomic E-state index is 0.309. The van der Waals surface area contributed by atoms with Gasteiger partial charge in [0.15, 0.2) is 5.82 Å². The lowest BCUT2D eigenvalue weighted by molar-refractivity contribution is 1.09. The Hall–Kier alpha value is -1.63. The summed E-state index contributed by atoms with van der Waals surface area (Å²) in [6.45, 7) is 1.80. The first kappa shape index (κ1) is 11.8. The lowest BCUT2D eigenvalue weighted by Gasteiger charge is -2.04. The van der Waals surface area contributed by atoms with Crippen LogP contribution < -0.4 is 0 Å². The quantitative estimate of drug-likeness (QED) is 0.790. The van der Waals surface area contributed by atoms with Crippen LogP contribution in [-0.2, 0) is 0 Å². The van der Waals surface area contributed by atoms with E-state index in [9.17, 15) is 0 Å². The average molecular weight is 264 g/mol. The Bertz CT molecular complexity index is 618. The van der Waals surface area contributed by atoms with Gasteiger partial charge in [0.25, 0.3) is 0 Å². The van der Waals surface area contributed by atoms with Crippen molar-refractivity contribution in [1.82, 2.24) is 9.97 Å². The zero-order valence-corrected chi connectivity index (χ0v) is 10.4. The predicted octanol–water partition coefficient (Wildman–Crippen LogP) is 3.63. The normalized spacial score (nSPS) is 10.0. The molecule has 17 heavy (non-hydrogen) atoms. The summed E-state index contributed by atoms with van der Waals surface area (Å²) in [6, 6.07) is 8.64. The van der Waals surface area contributed by atoms with Crippen LogP contribution in [0, 0.1) is 18.3 Å². The largest absolute Gasteiger partial charge is 0.233 e. The second-order valence-corrected chi connectivity index (χ2v) is 4.30. The lowest BCUT2D eigenvalue weighted by atomic mass is 10.2. The maximum absolute atomic E-state index is 8.86. The van der Waals surface area contributed by atoms with Crippen LogP contribution in [0.3, 0.4) is 0 Å². The van der Waals surface area contributed by atoms with Gasteiger partial charge in [0.05, 0.1) is 5.02 Å². The van der Waals surface area contributed by atoms with E-state index >= 15 is 0 Å². The number of hydrogen-bond acceptors (Lipinski definition) is 3. The highest BCUT2D eigenvalue weighted by Crippen LogP contribution is 2.28. The van der Waals surface area contributed by atoms with Crippen LogP contribution in [0.25, 0.3) is 11.4 Å². The Kier molecular flexibility index (Phi) is 3.28. The van der Waals surface area contributed by atoms with Gasteiger partial charge in [-0.3, -0.25) is 0 Å². The number of nitrogens with zero attached hydrogens (tertiary/aromatic N) is 3. The predicted molar refractivity (Wildman–Crippen MR) is 66.9 cm³/mol. The molecule has 1 aromatic carbocycles. The standard InChI is InChI=1S/C12H7Cl2N3/c1-7-4-9(6-15)17-12(16-7)10-5-8(13)2-3-11(10)14/h2-5H,1H3. The molecule has 1 heterocycles. The molecule has 0 bridgehead atoms. The van der Waals surface area contributed by atoms with Crippen molar-refractivity contribution in [2.75, 3.05) is 0 Å². The molecule has 0 N–H and O–H groups in total. The highest BCUT2D eigenvalue weighted by atomic mass is 35.5. The number of halogens is 2. The number of rotatable bonds is 1. The third-order valence-corrected chi connectivity index (χ3v) is 2.70. The fraction of sp³-hybridized carbons (Fsp3) is 0.0833. The highest BCUT2D eigenvalue weighted by Gasteiger charge is 2.09. The van der Waals surface area contributed by atoms with E-state index in [2.05, 4.69) is 9.97 Å². The van der Waals surface area contributed by atoms with Crippen LogP contribution in [-0.4, -0.2) is 9.97 Å². The molecule has 2 aromatic rings. The molecule has 0 aliphatic carbocycles. The van der Waals surface area contributed by atoms with Crippen molar-refractivity contribution in [1.29, 1.82) is 5.26 Å². The first-order valence-electron chi connectivity index (χ1n) is 4.81. The highest BCUT2D eigenvalue weighted by molar-refractivity contribution is 6.35. The van der Waals surface area contributed by atoms with Gasteiger partial charge in [0.2, 0.25) is 0 Å². The van der Waals surface area contributed by atoms with Crippen molar-refractivity contribution in [3.63, 3.8) is 0 Å². The Morgan fingerprint density at radius 1 is 1.18 bits per heavy atom. The molecule has 1 aromatic heterocycles. The fourth-order valence-electron chi connectivity index (χ4n) is 1.42. The van der Waals surface area contributed by atoms with Crippen molar-refractivity contribution < 1.29 is 0 Å². The Morgan fingerprint density at radius 3 is 2.65 bits per heavy atom. The second kappa shape index (κ2) is 4.70. The number of nitriles is 1. The smallest absolute Gasteiger partial charge is 0.162 e. The molecule has 0 fully saturated rings. The zero-order valence-electron chi connectivity index (χ0n) is 8.91. The van der Waals surface area contributed by atoms with Crippen LogP contribution in [0.5, 0.6) is 0 Å². The van der Waals surface area contributed by atoms with Gasteiger partial charge in [-0.2, -0.15) is 5.26 Å². The maximum atomic E-state index is 8.86. The Balaban J connectivity index is 2.64. The van der Waals surface area contributed by atoms with E-state index in [1.807, 2.05) is 6.07 Å². The van der Waals surface area contributed by atoms with Crippen molar-refractivity contribution in [2.45, 2.75) is 6.92 Å². The zero-order chi connectivity index (χ0) is 12.4. The molecule has 0 spiro atoms. The number of hydrogen-bond donors (Lipinski definition) is 0. The summed E-state index contributed by atoms with van der Waals surface area (Å²) >= 11 is 12.0. The van der Waals surface area contributed by atoms with E-state index in [1.54, 1.807) is 31.2 Å². The molecule has 0 aliphatic heterocycles. The first-order valence-corrected chi connectivity index (χ1v) is 5.57. The molecular formula is C12H7Cl2N3. The van der Waals surface area contributed by atoms with Crippen molar-refractivity contribution in [3.8, 4) is 17.5 Å². The Labute approximate surface area is 109 Å².